The molecule has 0 aliphatic heterocycles. The third kappa shape index (κ3) is 3.88. The summed E-state index contributed by atoms with van der Waals surface area (Å²) in [6.45, 7) is 2.32. The fraction of sp³-hybridized carbons (Fsp3) is 0.211. The standard InChI is InChI=1S/C19H16F3N5OS/c1-10-6-14(11(2)27(10)9-19(20,21)22)15-8-29-17(24-15)13-5-3-4-12(7-13)16-25-26-18(23)28-16/h3-8H,9H2,1-2H3,(H2,23,26). The highest BCUT2D eigenvalue weighted by Crippen LogP contribution is 2.34. The molecule has 0 fully saturated rings. The molecule has 3 heterocycles. The van der Waals surface area contributed by atoms with Crippen LogP contribution in [0.1, 0.15) is 11.4 Å². The number of rotatable bonds is 4. The molecule has 2 N–H and O–H groups in total. The zero-order chi connectivity index (χ0) is 20.8. The van der Waals surface area contributed by atoms with Gasteiger partial charge < -0.3 is 14.7 Å². The Hall–Kier alpha value is -3.14. The number of aryl methyl sites for hydroxylation is 1. The molecule has 4 aromatic rings. The summed E-state index contributed by atoms with van der Waals surface area (Å²) < 4.78 is 45.1. The minimum absolute atomic E-state index is 0.0175. The number of aromatic nitrogens is 4. The summed E-state index contributed by atoms with van der Waals surface area (Å²) in [7, 11) is 0. The summed E-state index contributed by atoms with van der Waals surface area (Å²) >= 11 is 1.41. The highest BCUT2D eigenvalue weighted by Gasteiger charge is 2.30. The molecule has 0 saturated heterocycles. The van der Waals surface area contributed by atoms with Gasteiger partial charge in [-0.05, 0) is 32.0 Å². The Morgan fingerprint density at radius 3 is 2.59 bits per heavy atom. The molecular weight excluding hydrogens is 403 g/mol. The maximum absolute atomic E-state index is 12.9. The Morgan fingerprint density at radius 1 is 1.14 bits per heavy atom. The first-order valence-corrected chi connectivity index (χ1v) is 9.48. The van der Waals surface area contributed by atoms with Gasteiger partial charge in [0.2, 0.25) is 5.89 Å². The van der Waals surface area contributed by atoms with Crippen molar-refractivity contribution in [3.63, 3.8) is 0 Å². The fourth-order valence-corrected chi connectivity index (χ4v) is 3.97. The zero-order valence-electron chi connectivity index (χ0n) is 15.5. The molecule has 6 nitrogen and oxygen atoms in total. The Bertz CT molecular complexity index is 1170. The van der Waals surface area contributed by atoms with Crippen LogP contribution in [0.2, 0.25) is 0 Å². The fourth-order valence-electron chi connectivity index (χ4n) is 3.15. The van der Waals surface area contributed by atoms with Crippen molar-refractivity contribution >= 4 is 17.4 Å². The topological polar surface area (TPSA) is 82.8 Å². The zero-order valence-corrected chi connectivity index (χ0v) is 16.3. The van der Waals surface area contributed by atoms with Gasteiger partial charge in [-0.3, -0.25) is 0 Å². The normalized spacial score (nSPS) is 11.9. The van der Waals surface area contributed by atoms with E-state index in [2.05, 4.69) is 15.2 Å². The molecule has 0 aliphatic rings. The van der Waals surface area contributed by atoms with Crippen molar-refractivity contribution in [1.29, 1.82) is 0 Å². The lowest BCUT2D eigenvalue weighted by molar-refractivity contribution is -0.141. The first-order chi connectivity index (χ1) is 13.7. The van der Waals surface area contributed by atoms with E-state index < -0.39 is 12.7 Å². The van der Waals surface area contributed by atoms with Gasteiger partial charge in [0.15, 0.2) is 0 Å². The van der Waals surface area contributed by atoms with E-state index in [0.29, 0.717) is 34.1 Å². The molecule has 0 spiro atoms. The predicted octanol–water partition coefficient (Wildman–Crippen LogP) is 5.09. The number of hydrogen-bond donors (Lipinski definition) is 1. The van der Waals surface area contributed by atoms with E-state index in [0.717, 1.165) is 10.6 Å². The van der Waals surface area contributed by atoms with Crippen molar-refractivity contribution < 1.29 is 17.6 Å². The van der Waals surface area contributed by atoms with Gasteiger partial charge in [0.1, 0.15) is 11.6 Å². The summed E-state index contributed by atoms with van der Waals surface area (Å²) in [6.07, 6.45) is -4.28. The monoisotopic (exact) mass is 419 g/mol. The van der Waals surface area contributed by atoms with Gasteiger partial charge in [0, 0.05) is 33.5 Å². The summed E-state index contributed by atoms with van der Waals surface area (Å²) in [6, 6.07) is 9.10. The van der Waals surface area contributed by atoms with Crippen LogP contribution in [0.5, 0.6) is 0 Å². The van der Waals surface area contributed by atoms with E-state index in [9.17, 15) is 13.2 Å². The van der Waals surface area contributed by atoms with Crippen LogP contribution in [-0.4, -0.2) is 25.9 Å². The van der Waals surface area contributed by atoms with E-state index in [1.165, 1.54) is 15.9 Å². The summed E-state index contributed by atoms with van der Waals surface area (Å²) in [4.78, 5) is 4.64. The average Bonchev–Trinajstić information content (AvgIpc) is 3.37. The van der Waals surface area contributed by atoms with Crippen molar-refractivity contribution in [2.45, 2.75) is 26.6 Å². The quantitative estimate of drug-likeness (QED) is 0.498. The van der Waals surface area contributed by atoms with Gasteiger partial charge in [0.05, 0.1) is 5.69 Å². The first kappa shape index (κ1) is 19.2. The average molecular weight is 419 g/mol. The van der Waals surface area contributed by atoms with E-state index in [1.54, 1.807) is 19.9 Å². The van der Waals surface area contributed by atoms with Gasteiger partial charge in [-0.25, -0.2) is 4.98 Å². The van der Waals surface area contributed by atoms with Crippen LogP contribution in [0.3, 0.4) is 0 Å². The Labute approximate surface area is 167 Å². The predicted molar refractivity (Wildman–Crippen MR) is 104 cm³/mol. The third-order valence-electron chi connectivity index (χ3n) is 4.49. The summed E-state index contributed by atoms with van der Waals surface area (Å²) in [5, 5.41) is 10.1. The molecule has 0 unspecified atom stereocenters. The molecule has 0 radical (unpaired) electrons. The van der Waals surface area contributed by atoms with Crippen LogP contribution in [0.4, 0.5) is 19.2 Å². The molecule has 0 amide bonds. The molecule has 0 saturated carbocycles. The second-order valence-corrected chi connectivity index (χ2v) is 7.41. The maximum Gasteiger partial charge on any atom is 0.406 e. The molecule has 1 aromatic carbocycles. The van der Waals surface area contributed by atoms with Gasteiger partial charge in [-0.15, -0.1) is 16.4 Å². The Morgan fingerprint density at radius 2 is 1.90 bits per heavy atom. The molecule has 150 valence electrons. The van der Waals surface area contributed by atoms with Gasteiger partial charge in [0.25, 0.3) is 0 Å². The molecule has 10 heteroatoms. The molecule has 0 atom stereocenters. The number of thiazole rings is 1. The van der Waals surface area contributed by atoms with Gasteiger partial charge >= 0.3 is 12.2 Å². The lowest BCUT2D eigenvalue weighted by atomic mass is 10.1. The van der Waals surface area contributed by atoms with Crippen LogP contribution < -0.4 is 5.73 Å². The number of halogens is 3. The third-order valence-corrected chi connectivity index (χ3v) is 5.38. The number of nitrogens with zero attached hydrogens (tertiary/aromatic N) is 4. The smallest absolute Gasteiger partial charge is 0.404 e. The first-order valence-electron chi connectivity index (χ1n) is 8.60. The highest BCUT2D eigenvalue weighted by atomic mass is 32.1. The minimum atomic E-state index is -4.28. The SMILES string of the molecule is Cc1cc(-c2csc(-c3cccc(-c4nnc(N)o4)c3)n2)c(C)n1CC(F)(F)F. The lowest BCUT2D eigenvalue weighted by Crippen LogP contribution is -2.19. The van der Waals surface area contributed by atoms with Gasteiger partial charge in [-0.1, -0.05) is 17.2 Å². The van der Waals surface area contributed by atoms with E-state index in [-0.39, 0.29) is 6.01 Å². The van der Waals surface area contributed by atoms with Crippen molar-refractivity contribution in [2.24, 2.45) is 0 Å². The molecule has 4 rings (SSSR count). The Kier molecular flexibility index (Phi) is 4.65. The lowest BCUT2D eigenvalue weighted by Gasteiger charge is -2.12. The molecular formula is C19H16F3N5OS. The number of anilines is 1. The second kappa shape index (κ2) is 7.03. The number of alkyl halides is 3. The second-order valence-electron chi connectivity index (χ2n) is 6.55. The van der Waals surface area contributed by atoms with Gasteiger partial charge in [-0.2, -0.15) is 13.2 Å². The maximum atomic E-state index is 12.9. The van der Waals surface area contributed by atoms with E-state index >= 15 is 0 Å². The summed E-state index contributed by atoms with van der Waals surface area (Å²) in [5.74, 6) is 0.303. The highest BCUT2D eigenvalue weighted by molar-refractivity contribution is 7.13. The molecule has 0 bridgehead atoms. The molecule has 3 aromatic heterocycles. The number of hydrogen-bond acceptors (Lipinski definition) is 6. The van der Waals surface area contributed by atoms with Crippen molar-refractivity contribution in [3.8, 4) is 33.3 Å². The Balaban J connectivity index is 1.67. The largest absolute Gasteiger partial charge is 0.406 e. The van der Waals surface area contributed by atoms with Crippen LogP contribution in [-0.2, 0) is 6.54 Å². The van der Waals surface area contributed by atoms with Crippen molar-refractivity contribution in [3.05, 3.63) is 47.1 Å². The molecule has 0 aliphatic carbocycles. The van der Waals surface area contributed by atoms with E-state index in [1.807, 2.05) is 29.6 Å². The number of benzene rings is 1. The van der Waals surface area contributed by atoms with Crippen LogP contribution >= 0.6 is 11.3 Å². The van der Waals surface area contributed by atoms with Crippen LogP contribution in [0, 0.1) is 13.8 Å². The number of nitrogen functional groups attached to an aromatic ring is 1. The molecule has 29 heavy (non-hydrogen) atoms. The summed E-state index contributed by atoms with van der Waals surface area (Å²) in [5.41, 5.74) is 9.41. The minimum Gasteiger partial charge on any atom is -0.404 e. The van der Waals surface area contributed by atoms with Crippen LogP contribution in [0.25, 0.3) is 33.3 Å². The van der Waals surface area contributed by atoms with Crippen molar-refractivity contribution in [1.82, 2.24) is 19.7 Å². The van der Waals surface area contributed by atoms with Crippen molar-refractivity contribution in [2.75, 3.05) is 5.73 Å². The van der Waals surface area contributed by atoms with E-state index in [4.69, 9.17) is 10.2 Å². The van der Waals surface area contributed by atoms with Crippen LogP contribution in [0.15, 0.2) is 40.1 Å². The number of nitrogens with two attached hydrogens (primary N) is 1.